The molecule has 1 aromatic carbocycles. The number of nitrogens with zero attached hydrogens (tertiary/aromatic N) is 3. The van der Waals surface area contributed by atoms with Crippen molar-refractivity contribution in [2.45, 2.75) is 39.0 Å². The van der Waals surface area contributed by atoms with Gasteiger partial charge in [-0.25, -0.2) is 23.1 Å². The molecule has 2 aromatic rings. The van der Waals surface area contributed by atoms with Crippen molar-refractivity contribution in [3.05, 3.63) is 63.8 Å². The van der Waals surface area contributed by atoms with Crippen LogP contribution in [0.2, 0.25) is 0 Å². The number of amides is 1. The maximum atomic E-state index is 14.7. The highest BCUT2D eigenvalue weighted by Crippen LogP contribution is 2.36. The van der Waals surface area contributed by atoms with E-state index in [0.29, 0.717) is 48.1 Å². The predicted octanol–water partition coefficient (Wildman–Crippen LogP) is 3.97. The molecule has 0 saturated carbocycles. The standard InChI is InChI=1S/C25H28F3N5O3/c1-13(16-5-4-6-17(21(16)26)22(27)28)29-23-19-11-18(25(35)32-24(19)31-14(2)30-23)15-7-9-33(10-8-15)20(34)12-36-3/h4-7,11,13,22,25,35H,8-10,12H2,1-3H3,(H2,29,30,31,32)/t13-,25?/m1/s1. The Morgan fingerprint density at radius 2 is 2.08 bits per heavy atom. The van der Waals surface area contributed by atoms with Crippen molar-refractivity contribution in [3.8, 4) is 0 Å². The molecule has 3 heterocycles. The lowest BCUT2D eigenvalue weighted by Crippen LogP contribution is -2.38. The molecule has 2 atom stereocenters. The van der Waals surface area contributed by atoms with Gasteiger partial charge in [-0.2, -0.15) is 0 Å². The zero-order chi connectivity index (χ0) is 26.0. The van der Waals surface area contributed by atoms with Crippen LogP contribution in [0.3, 0.4) is 0 Å². The maximum Gasteiger partial charge on any atom is 0.266 e. The quantitative estimate of drug-likeness (QED) is 0.526. The number of rotatable bonds is 7. The van der Waals surface area contributed by atoms with Crippen LogP contribution >= 0.6 is 0 Å². The number of aliphatic hydroxyl groups is 1. The number of ether oxygens (including phenoxy) is 1. The smallest absolute Gasteiger partial charge is 0.266 e. The third-order valence-electron chi connectivity index (χ3n) is 6.24. The van der Waals surface area contributed by atoms with E-state index in [-0.39, 0.29) is 18.1 Å². The summed E-state index contributed by atoms with van der Waals surface area (Å²) in [6, 6.07) is 3.23. The monoisotopic (exact) mass is 503 g/mol. The van der Waals surface area contributed by atoms with E-state index in [1.807, 2.05) is 6.08 Å². The molecule has 0 radical (unpaired) electrons. The zero-order valence-corrected chi connectivity index (χ0v) is 20.2. The first-order valence-electron chi connectivity index (χ1n) is 11.5. The summed E-state index contributed by atoms with van der Waals surface area (Å²) >= 11 is 0. The predicted molar refractivity (Wildman–Crippen MR) is 129 cm³/mol. The average molecular weight is 504 g/mol. The lowest BCUT2D eigenvalue weighted by molar-refractivity contribution is -0.134. The van der Waals surface area contributed by atoms with Crippen molar-refractivity contribution in [1.29, 1.82) is 0 Å². The van der Waals surface area contributed by atoms with Gasteiger partial charge in [-0.1, -0.05) is 24.3 Å². The molecule has 192 valence electrons. The molecule has 0 aliphatic carbocycles. The molecule has 11 heteroatoms. The van der Waals surface area contributed by atoms with Crippen molar-refractivity contribution in [1.82, 2.24) is 14.9 Å². The van der Waals surface area contributed by atoms with Crippen LogP contribution in [0.25, 0.3) is 6.08 Å². The number of benzene rings is 1. The number of nitrogens with one attached hydrogen (secondary N) is 2. The number of fused-ring (bicyclic) bond motifs is 1. The number of hydrogen-bond acceptors (Lipinski definition) is 7. The molecule has 4 rings (SSSR count). The third-order valence-corrected chi connectivity index (χ3v) is 6.24. The molecule has 2 aliphatic rings. The van der Waals surface area contributed by atoms with Crippen molar-refractivity contribution < 1.29 is 27.8 Å². The highest BCUT2D eigenvalue weighted by molar-refractivity contribution is 5.81. The van der Waals surface area contributed by atoms with E-state index < -0.39 is 30.1 Å². The molecule has 0 saturated heterocycles. The second kappa shape index (κ2) is 10.7. The first-order valence-corrected chi connectivity index (χ1v) is 11.5. The molecule has 2 aliphatic heterocycles. The van der Waals surface area contributed by atoms with E-state index in [1.54, 1.807) is 24.8 Å². The highest BCUT2D eigenvalue weighted by Gasteiger charge is 2.28. The summed E-state index contributed by atoms with van der Waals surface area (Å²) in [6.07, 6.45) is 0.230. The summed E-state index contributed by atoms with van der Waals surface area (Å²) in [5.74, 6) is 0.102. The molecular formula is C25H28F3N5O3. The van der Waals surface area contributed by atoms with Gasteiger partial charge in [0.25, 0.3) is 6.43 Å². The molecule has 8 nitrogen and oxygen atoms in total. The van der Waals surface area contributed by atoms with Crippen LogP contribution in [0.15, 0.2) is 35.4 Å². The third kappa shape index (κ3) is 5.21. The number of carbonyl (C=O) groups excluding carboxylic acids is 1. The van der Waals surface area contributed by atoms with Gasteiger partial charge in [0.1, 0.15) is 29.9 Å². The largest absolute Gasteiger partial charge is 0.375 e. The molecule has 1 amide bonds. The molecule has 0 fully saturated rings. The Morgan fingerprint density at radius 3 is 2.75 bits per heavy atom. The number of alkyl halides is 2. The van der Waals surface area contributed by atoms with Gasteiger partial charge in [0.15, 0.2) is 6.23 Å². The Hall–Kier alpha value is -3.44. The van der Waals surface area contributed by atoms with Crippen LogP contribution in [0.1, 0.15) is 48.3 Å². The fourth-order valence-corrected chi connectivity index (χ4v) is 4.37. The molecule has 1 aromatic heterocycles. The van der Waals surface area contributed by atoms with Crippen LogP contribution < -0.4 is 10.6 Å². The highest BCUT2D eigenvalue weighted by atomic mass is 19.3. The van der Waals surface area contributed by atoms with Crippen molar-refractivity contribution in [2.75, 3.05) is 37.4 Å². The van der Waals surface area contributed by atoms with Gasteiger partial charge >= 0.3 is 0 Å². The van der Waals surface area contributed by atoms with E-state index in [1.165, 1.54) is 19.2 Å². The Bertz CT molecular complexity index is 1220. The number of anilines is 2. The van der Waals surface area contributed by atoms with Gasteiger partial charge in [0.05, 0.1) is 17.2 Å². The van der Waals surface area contributed by atoms with Gasteiger partial charge < -0.3 is 25.4 Å². The van der Waals surface area contributed by atoms with Crippen molar-refractivity contribution in [2.24, 2.45) is 0 Å². The van der Waals surface area contributed by atoms with Crippen LogP contribution in [-0.4, -0.2) is 58.9 Å². The second-order valence-electron chi connectivity index (χ2n) is 8.70. The second-order valence-corrected chi connectivity index (χ2v) is 8.70. The fourth-order valence-electron chi connectivity index (χ4n) is 4.37. The Balaban J connectivity index is 1.64. The van der Waals surface area contributed by atoms with E-state index in [2.05, 4.69) is 20.6 Å². The van der Waals surface area contributed by atoms with Crippen LogP contribution in [0.4, 0.5) is 24.8 Å². The van der Waals surface area contributed by atoms with Gasteiger partial charge in [-0.15, -0.1) is 0 Å². The van der Waals surface area contributed by atoms with Gasteiger partial charge in [-0.05, 0) is 31.9 Å². The number of aryl methyl sites for hydroxylation is 1. The maximum absolute atomic E-state index is 14.7. The number of methoxy groups -OCH3 is 1. The molecule has 1 unspecified atom stereocenters. The molecule has 0 spiro atoms. The summed E-state index contributed by atoms with van der Waals surface area (Å²) in [5, 5.41) is 16.9. The summed E-state index contributed by atoms with van der Waals surface area (Å²) in [5.41, 5.74) is 1.46. The lowest BCUT2D eigenvalue weighted by atomic mass is 9.93. The van der Waals surface area contributed by atoms with Crippen LogP contribution in [0, 0.1) is 12.7 Å². The minimum absolute atomic E-state index is 0.00808. The fraction of sp³-hybridized carbons (Fsp3) is 0.400. The van der Waals surface area contributed by atoms with Gasteiger partial charge in [0.2, 0.25) is 5.91 Å². The van der Waals surface area contributed by atoms with Crippen molar-refractivity contribution >= 4 is 23.6 Å². The minimum Gasteiger partial charge on any atom is -0.375 e. The van der Waals surface area contributed by atoms with E-state index >= 15 is 0 Å². The normalized spacial score (nSPS) is 18.2. The first kappa shape index (κ1) is 25.6. The van der Waals surface area contributed by atoms with E-state index in [4.69, 9.17) is 4.74 Å². The molecule has 0 bridgehead atoms. The Kier molecular flexibility index (Phi) is 7.60. The van der Waals surface area contributed by atoms with Crippen LogP contribution in [0.5, 0.6) is 0 Å². The summed E-state index contributed by atoms with van der Waals surface area (Å²) < 4.78 is 46.0. The Labute approximate surface area is 206 Å². The number of hydrogen-bond donors (Lipinski definition) is 3. The lowest BCUT2D eigenvalue weighted by Gasteiger charge is -2.31. The topological polar surface area (TPSA) is 99.6 Å². The SMILES string of the molecule is COCC(=O)N1CC=C(C2=Cc3c(nc(C)nc3N[C@H](C)c3cccc(C(F)F)c3F)NC2O)CC1. The van der Waals surface area contributed by atoms with Crippen LogP contribution in [-0.2, 0) is 9.53 Å². The molecule has 3 N–H and O–H groups in total. The number of aromatic nitrogens is 2. The van der Waals surface area contributed by atoms with E-state index in [0.717, 1.165) is 11.6 Å². The van der Waals surface area contributed by atoms with Gasteiger partial charge in [0, 0.05) is 31.3 Å². The Morgan fingerprint density at radius 1 is 1.33 bits per heavy atom. The summed E-state index contributed by atoms with van der Waals surface area (Å²) in [7, 11) is 1.47. The molecule has 36 heavy (non-hydrogen) atoms. The first-order chi connectivity index (χ1) is 17.2. The average Bonchev–Trinajstić information content (AvgIpc) is 2.83. The number of aliphatic hydroxyl groups excluding tert-OH is 1. The number of halogens is 3. The molecular weight excluding hydrogens is 475 g/mol. The van der Waals surface area contributed by atoms with Crippen molar-refractivity contribution in [3.63, 3.8) is 0 Å². The zero-order valence-electron chi connectivity index (χ0n) is 20.2. The van der Waals surface area contributed by atoms with E-state index in [9.17, 15) is 23.1 Å². The minimum atomic E-state index is -2.92. The van der Waals surface area contributed by atoms with Gasteiger partial charge in [-0.3, -0.25) is 4.79 Å². The number of carbonyl (C=O) groups is 1. The summed E-state index contributed by atoms with van der Waals surface area (Å²) in [6.45, 7) is 4.21. The summed E-state index contributed by atoms with van der Waals surface area (Å²) in [4.78, 5) is 22.6.